The van der Waals surface area contributed by atoms with Crippen molar-refractivity contribution in [2.24, 2.45) is 0 Å². The topological polar surface area (TPSA) is 249 Å². The fraction of sp³-hybridized carbons (Fsp3) is 0.423. The van der Waals surface area contributed by atoms with Crippen molar-refractivity contribution >= 4 is 11.0 Å². The number of aliphatic hydroxyl groups is 6. The smallest absolute Gasteiger partial charge is 0.229 e. The molecule has 0 radical (unpaired) electrons. The maximum atomic E-state index is 13.0. The lowest BCUT2D eigenvalue weighted by atomic mass is 9.99. The summed E-state index contributed by atoms with van der Waals surface area (Å²) < 4.78 is 26.9. The number of ether oxygens (including phenoxy) is 4. The Morgan fingerprint density at radius 2 is 1.71 bits per heavy atom. The van der Waals surface area contributed by atoms with E-state index < -0.39 is 85.4 Å². The standard InChI is InChI=1S/C26H28O15/c27-8-26(36)9-39-25(23(26)35)38-7-17-20(32)21(33)22(34)24(41-17)40-15-2-1-10(3-13(15)29)12-6-37-16-5-11(28)4-14(30)18(16)19(12)31/h1-6,17,20-25,27-30,32-36H,7-9H2/t17-,20-,21+,22-,23+,24-,25-,26-/m1/s1. The number of phenolic OH excluding ortho intramolecular Hbond substituents is 3. The summed E-state index contributed by atoms with van der Waals surface area (Å²) in [5.41, 5.74) is -2.51. The van der Waals surface area contributed by atoms with Crippen LogP contribution in [0.4, 0.5) is 0 Å². The lowest BCUT2D eigenvalue weighted by Crippen LogP contribution is -2.60. The largest absolute Gasteiger partial charge is 0.508 e. The molecule has 2 aliphatic rings. The van der Waals surface area contributed by atoms with Crippen LogP contribution in [-0.2, 0) is 14.2 Å². The van der Waals surface area contributed by atoms with E-state index in [1.54, 1.807) is 0 Å². The van der Waals surface area contributed by atoms with Crippen molar-refractivity contribution in [2.45, 2.75) is 48.7 Å². The highest BCUT2D eigenvalue weighted by Gasteiger charge is 2.50. The molecule has 0 amide bonds. The van der Waals surface area contributed by atoms with Crippen molar-refractivity contribution in [1.29, 1.82) is 0 Å². The van der Waals surface area contributed by atoms with Crippen molar-refractivity contribution < 1.29 is 69.3 Å². The monoisotopic (exact) mass is 580 g/mol. The Kier molecular flexibility index (Phi) is 7.82. The van der Waals surface area contributed by atoms with Gasteiger partial charge in [-0.05, 0) is 17.7 Å². The van der Waals surface area contributed by atoms with Gasteiger partial charge in [0.25, 0.3) is 0 Å². The number of phenols is 3. The van der Waals surface area contributed by atoms with Crippen LogP contribution in [0.3, 0.4) is 0 Å². The van der Waals surface area contributed by atoms with E-state index in [2.05, 4.69) is 0 Å². The summed E-state index contributed by atoms with van der Waals surface area (Å²) >= 11 is 0. The quantitative estimate of drug-likeness (QED) is 0.150. The Labute approximate surface area is 230 Å². The second kappa shape index (κ2) is 11.1. The lowest BCUT2D eigenvalue weighted by molar-refractivity contribution is -0.289. The predicted molar refractivity (Wildman–Crippen MR) is 134 cm³/mol. The molecule has 2 saturated heterocycles. The Bertz CT molecular complexity index is 1470. The van der Waals surface area contributed by atoms with Crippen LogP contribution in [0.25, 0.3) is 22.1 Å². The van der Waals surface area contributed by atoms with E-state index in [4.69, 9.17) is 23.4 Å². The number of aromatic hydroxyl groups is 3. The fourth-order valence-electron chi connectivity index (χ4n) is 4.60. The van der Waals surface area contributed by atoms with E-state index in [9.17, 15) is 50.8 Å². The average molecular weight is 580 g/mol. The molecule has 0 aliphatic carbocycles. The molecule has 0 spiro atoms. The van der Waals surface area contributed by atoms with Gasteiger partial charge in [0.05, 0.1) is 25.4 Å². The van der Waals surface area contributed by atoms with Gasteiger partial charge in [0.1, 0.15) is 64.9 Å². The first-order valence-corrected chi connectivity index (χ1v) is 12.3. The van der Waals surface area contributed by atoms with E-state index in [1.807, 2.05) is 0 Å². The molecule has 2 aliphatic heterocycles. The maximum absolute atomic E-state index is 13.0. The molecular formula is C26H28O15. The normalized spacial score (nSPS) is 31.9. The average Bonchev–Trinajstić information content (AvgIpc) is 3.22. The second-order valence-electron chi connectivity index (χ2n) is 9.85. The van der Waals surface area contributed by atoms with Crippen LogP contribution in [0.2, 0.25) is 0 Å². The van der Waals surface area contributed by atoms with Crippen LogP contribution in [-0.4, -0.2) is 114 Å². The zero-order valence-corrected chi connectivity index (χ0v) is 21.1. The molecule has 3 heterocycles. The van der Waals surface area contributed by atoms with Crippen molar-refractivity contribution in [3.63, 3.8) is 0 Å². The van der Waals surface area contributed by atoms with E-state index in [1.165, 1.54) is 12.1 Å². The SMILES string of the molecule is O=c1c(-c2ccc(O[C@@H]3O[C@H](CO[C@@H]4OC[C@](O)(CO)[C@H]4O)[C@@H](O)[C@H](O)[C@H]3O)c(O)c2)coc2cc(O)cc(O)c12. The highest BCUT2D eigenvalue weighted by molar-refractivity contribution is 5.88. The number of hydrogen-bond donors (Lipinski definition) is 9. The first-order valence-electron chi connectivity index (χ1n) is 12.3. The number of aliphatic hydroxyl groups excluding tert-OH is 5. The number of benzene rings is 2. The van der Waals surface area contributed by atoms with Crippen molar-refractivity contribution in [3.8, 4) is 34.1 Å². The summed E-state index contributed by atoms with van der Waals surface area (Å²) in [7, 11) is 0. The summed E-state index contributed by atoms with van der Waals surface area (Å²) in [6.45, 7) is -1.71. The van der Waals surface area contributed by atoms with Crippen molar-refractivity contribution in [2.75, 3.05) is 19.8 Å². The molecule has 2 aromatic carbocycles. The van der Waals surface area contributed by atoms with Gasteiger partial charge in [0, 0.05) is 12.1 Å². The van der Waals surface area contributed by atoms with Crippen LogP contribution in [0, 0.1) is 0 Å². The summed E-state index contributed by atoms with van der Waals surface area (Å²) in [5.74, 6) is -1.55. The molecule has 0 unspecified atom stereocenters. The maximum Gasteiger partial charge on any atom is 0.229 e. The van der Waals surface area contributed by atoms with Crippen LogP contribution in [0.5, 0.6) is 23.0 Å². The third kappa shape index (κ3) is 5.30. The Morgan fingerprint density at radius 3 is 2.39 bits per heavy atom. The third-order valence-corrected chi connectivity index (χ3v) is 7.03. The fourth-order valence-corrected chi connectivity index (χ4v) is 4.60. The van der Waals surface area contributed by atoms with Gasteiger partial charge in [0.15, 0.2) is 17.8 Å². The van der Waals surface area contributed by atoms with Gasteiger partial charge < -0.3 is 69.3 Å². The van der Waals surface area contributed by atoms with E-state index in [0.29, 0.717) is 0 Å². The zero-order chi connectivity index (χ0) is 29.6. The number of rotatable bonds is 7. The molecular weight excluding hydrogens is 552 g/mol. The predicted octanol–water partition coefficient (Wildman–Crippen LogP) is -1.78. The molecule has 15 heteroatoms. The van der Waals surface area contributed by atoms with Gasteiger partial charge >= 0.3 is 0 Å². The summed E-state index contributed by atoms with van der Waals surface area (Å²) in [6, 6.07) is 5.89. The van der Waals surface area contributed by atoms with Crippen molar-refractivity contribution in [1.82, 2.24) is 0 Å². The summed E-state index contributed by atoms with van der Waals surface area (Å²) in [6.07, 6.45) is -10.1. The molecule has 5 rings (SSSR count). The van der Waals surface area contributed by atoms with E-state index in [-0.39, 0.29) is 33.6 Å². The van der Waals surface area contributed by atoms with Gasteiger partial charge in [0.2, 0.25) is 11.7 Å². The Balaban J connectivity index is 1.31. The zero-order valence-electron chi connectivity index (χ0n) is 21.1. The number of fused-ring (bicyclic) bond motifs is 1. The van der Waals surface area contributed by atoms with Crippen LogP contribution < -0.4 is 10.2 Å². The van der Waals surface area contributed by atoms with Gasteiger partial charge in [-0.1, -0.05) is 6.07 Å². The highest BCUT2D eigenvalue weighted by Crippen LogP contribution is 2.35. The summed E-state index contributed by atoms with van der Waals surface area (Å²) in [4.78, 5) is 13.0. The second-order valence-corrected chi connectivity index (χ2v) is 9.85. The van der Waals surface area contributed by atoms with Crippen LogP contribution >= 0.6 is 0 Å². The highest BCUT2D eigenvalue weighted by atomic mass is 16.7. The molecule has 1 aromatic heterocycles. The molecule has 8 atom stereocenters. The van der Waals surface area contributed by atoms with Gasteiger partial charge in [-0.25, -0.2) is 0 Å². The van der Waals surface area contributed by atoms with Crippen molar-refractivity contribution in [3.05, 3.63) is 46.8 Å². The van der Waals surface area contributed by atoms with Crippen LogP contribution in [0.15, 0.2) is 45.8 Å². The first kappa shape index (κ1) is 29.0. The molecule has 0 bridgehead atoms. The molecule has 15 nitrogen and oxygen atoms in total. The minimum atomic E-state index is -1.95. The minimum Gasteiger partial charge on any atom is -0.508 e. The lowest BCUT2D eigenvalue weighted by Gasteiger charge is -2.40. The van der Waals surface area contributed by atoms with E-state index >= 15 is 0 Å². The molecule has 0 saturated carbocycles. The van der Waals surface area contributed by atoms with Crippen LogP contribution in [0.1, 0.15) is 0 Å². The molecule has 3 aromatic rings. The Hall–Kier alpha value is -3.51. The Morgan fingerprint density at radius 1 is 0.951 bits per heavy atom. The molecule has 9 N–H and O–H groups in total. The molecule has 222 valence electrons. The minimum absolute atomic E-state index is 0.0329. The molecule has 2 fully saturated rings. The van der Waals surface area contributed by atoms with Gasteiger partial charge in [-0.15, -0.1) is 0 Å². The molecule has 41 heavy (non-hydrogen) atoms. The third-order valence-electron chi connectivity index (χ3n) is 7.03. The van der Waals surface area contributed by atoms with Gasteiger partial charge in [-0.2, -0.15) is 0 Å². The number of hydrogen-bond acceptors (Lipinski definition) is 15. The summed E-state index contributed by atoms with van der Waals surface area (Å²) in [5, 5.41) is 90.7. The first-order chi connectivity index (χ1) is 19.4. The van der Waals surface area contributed by atoms with Gasteiger partial charge in [-0.3, -0.25) is 4.79 Å². The van der Waals surface area contributed by atoms with E-state index in [0.717, 1.165) is 24.5 Å².